The van der Waals surface area contributed by atoms with Gasteiger partial charge >= 0.3 is 0 Å². The molecule has 1 heterocycles. The van der Waals surface area contributed by atoms with Crippen LogP contribution in [0.25, 0.3) is 0 Å². The Morgan fingerprint density at radius 3 is 3.06 bits per heavy atom. The molecule has 0 aromatic heterocycles. The van der Waals surface area contributed by atoms with Gasteiger partial charge in [-0.3, -0.25) is 0 Å². The second-order valence-electron chi connectivity index (χ2n) is 4.72. The molecule has 0 amide bonds. The predicted octanol–water partition coefficient (Wildman–Crippen LogP) is 4.38. The average Bonchev–Trinajstić information content (AvgIpc) is 2.88. The lowest BCUT2D eigenvalue weighted by Crippen LogP contribution is -2.29. The summed E-state index contributed by atoms with van der Waals surface area (Å²) >= 11 is 5.42. The molecule has 18 heavy (non-hydrogen) atoms. The second kappa shape index (κ2) is 6.92. The van der Waals surface area contributed by atoms with Gasteiger partial charge in [0.2, 0.25) is 0 Å². The topological polar surface area (TPSA) is 12.0 Å². The third-order valence-corrected chi connectivity index (χ3v) is 5.03. The molecule has 100 valence electrons. The van der Waals surface area contributed by atoms with Crippen LogP contribution in [-0.4, -0.2) is 18.1 Å². The van der Waals surface area contributed by atoms with Crippen molar-refractivity contribution in [1.29, 1.82) is 0 Å². The van der Waals surface area contributed by atoms with E-state index in [1.807, 2.05) is 17.8 Å². The molecule has 0 spiro atoms. The Morgan fingerprint density at radius 1 is 1.56 bits per heavy atom. The van der Waals surface area contributed by atoms with E-state index in [0.717, 1.165) is 28.8 Å². The van der Waals surface area contributed by atoms with Gasteiger partial charge in [-0.2, -0.15) is 11.8 Å². The van der Waals surface area contributed by atoms with E-state index in [1.54, 1.807) is 12.1 Å². The van der Waals surface area contributed by atoms with Crippen molar-refractivity contribution in [2.24, 2.45) is 5.92 Å². The molecule has 2 atom stereocenters. The number of hydrogen-bond donors (Lipinski definition) is 1. The van der Waals surface area contributed by atoms with Crippen molar-refractivity contribution >= 4 is 27.7 Å². The zero-order chi connectivity index (χ0) is 13.0. The highest BCUT2D eigenvalue weighted by molar-refractivity contribution is 9.10. The van der Waals surface area contributed by atoms with Crippen LogP contribution in [-0.2, 0) is 0 Å². The van der Waals surface area contributed by atoms with Gasteiger partial charge in [-0.25, -0.2) is 4.39 Å². The number of benzene rings is 1. The van der Waals surface area contributed by atoms with Gasteiger partial charge < -0.3 is 5.32 Å². The summed E-state index contributed by atoms with van der Waals surface area (Å²) in [5.41, 5.74) is 0.810. The third kappa shape index (κ3) is 3.49. The summed E-state index contributed by atoms with van der Waals surface area (Å²) in [5.74, 6) is 2.78. The molecule has 1 aliphatic heterocycles. The molecule has 0 saturated carbocycles. The summed E-state index contributed by atoms with van der Waals surface area (Å²) in [6.45, 7) is 3.09. The lowest BCUT2D eigenvalue weighted by atomic mass is 9.92. The Hall–Kier alpha value is -0.0600. The molecule has 1 aromatic rings. The van der Waals surface area contributed by atoms with E-state index in [-0.39, 0.29) is 11.9 Å². The summed E-state index contributed by atoms with van der Waals surface area (Å²) in [4.78, 5) is 0. The molecule has 0 radical (unpaired) electrons. The minimum atomic E-state index is -0.0938. The minimum absolute atomic E-state index is 0.0938. The first-order chi connectivity index (χ1) is 8.72. The molecule has 0 bridgehead atoms. The molecule has 2 rings (SSSR count). The van der Waals surface area contributed by atoms with Crippen LogP contribution < -0.4 is 5.32 Å². The van der Waals surface area contributed by atoms with E-state index in [2.05, 4.69) is 28.2 Å². The van der Waals surface area contributed by atoms with Crippen molar-refractivity contribution in [3.05, 3.63) is 34.1 Å². The largest absolute Gasteiger partial charge is 0.310 e. The average molecular weight is 332 g/mol. The lowest BCUT2D eigenvalue weighted by Gasteiger charge is -2.25. The van der Waals surface area contributed by atoms with Gasteiger partial charge in [0.15, 0.2) is 0 Å². The Balaban J connectivity index is 2.23. The summed E-state index contributed by atoms with van der Waals surface area (Å²) in [7, 11) is 0. The fourth-order valence-corrected chi connectivity index (χ4v) is 4.08. The van der Waals surface area contributed by atoms with Gasteiger partial charge in [0.1, 0.15) is 5.82 Å². The van der Waals surface area contributed by atoms with Gasteiger partial charge in [-0.15, -0.1) is 0 Å². The van der Waals surface area contributed by atoms with Gasteiger partial charge in [-0.05, 0) is 55.0 Å². The van der Waals surface area contributed by atoms with Crippen molar-refractivity contribution in [2.45, 2.75) is 25.8 Å². The number of rotatable bonds is 5. The Labute approximate surface area is 121 Å². The van der Waals surface area contributed by atoms with Crippen LogP contribution >= 0.6 is 27.7 Å². The third-order valence-electron chi connectivity index (χ3n) is 3.34. The lowest BCUT2D eigenvalue weighted by molar-refractivity contribution is 0.381. The molecular weight excluding hydrogens is 313 g/mol. The van der Waals surface area contributed by atoms with Crippen molar-refractivity contribution in [3.8, 4) is 0 Å². The number of nitrogens with one attached hydrogen (secondary N) is 1. The fraction of sp³-hybridized carbons (Fsp3) is 0.571. The molecule has 1 aliphatic rings. The molecule has 1 fully saturated rings. The zero-order valence-corrected chi connectivity index (χ0v) is 13.0. The minimum Gasteiger partial charge on any atom is -0.310 e. The van der Waals surface area contributed by atoms with E-state index in [9.17, 15) is 4.39 Å². The molecule has 2 unspecified atom stereocenters. The van der Waals surface area contributed by atoms with Gasteiger partial charge in [0.05, 0.1) is 0 Å². The first-order valence-corrected chi connectivity index (χ1v) is 8.43. The van der Waals surface area contributed by atoms with Gasteiger partial charge in [0.25, 0.3) is 0 Å². The Morgan fingerprint density at radius 2 is 2.39 bits per heavy atom. The summed E-state index contributed by atoms with van der Waals surface area (Å²) in [5, 5.41) is 3.52. The SMILES string of the molecule is CCCNC(c1cc(Br)ccc1F)C1CCSC1. The molecule has 0 aliphatic carbocycles. The predicted molar refractivity (Wildman–Crippen MR) is 80.6 cm³/mol. The maximum Gasteiger partial charge on any atom is 0.128 e. The van der Waals surface area contributed by atoms with Crippen LogP contribution in [0.5, 0.6) is 0 Å². The summed E-state index contributed by atoms with van der Waals surface area (Å²) < 4.78 is 15.0. The van der Waals surface area contributed by atoms with Crippen LogP contribution in [0.1, 0.15) is 31.4 Å². The van der Waals surface area contributed by atoms with Crippen molar-refractivity contribution < 1.29 is 4.39 Å². The molecule has 1 aromatic carbocycles. The van der Waals surface area contributed by atoms with Crippen LogP contribution in [0.3, 0.4) is 0 Å². The molecule has 1 nitrogen and oxygen atoms in total. The maximum absolute atomic E-state index is 14.0. The normalized spacial score (nSPS) is 21.2. The van der Waals surface area contributed by atoms with E-state index >= 15 is 0 Å². The standard InChI is InChI=1S/C14H19BrFNS/c1-2-6-17-14(10-5-7-18-9-10)12-8-11(15)3-4-13(12)16/h3-4,8,10,14,17H,2,5-7,9H2,1H3. The number of hydrogen-bond acceptors (Lipinski definition) is 2. The number of thioether (sulfide) groups is 1. The fourth-order valence-electron chi connectivity index (χ4n) is 2.40. The number of halogens is 2. The van der Waals surface area contributed by atoms with Crippen LogP contribution in [0, 0.1) is 11.7 Å². The van der Waals surface area contributed by atoms with E-state index in [4.69, 9.17) is 0 Å². The van der Waals surface area contributed by atoms with E-state index in [0.29, 0.717) is 5.92 Å². The highest BCUT2D eigenvalue weighted by Gasteiger charge is 2.28. The van der Waals surface area contributed by atoms with Gasteiger partial charge in [0, 0.05) is 16.1 Å². The quantitative estimate of drug-likeness (QED) is 0.859. The Kier molecular flexibility index (Phi) is 5.52. The first-order valence-electron chi connectivity index (χ1n) is 6.48. The second-order valence-corrected chi connectivity index (χ2v) is 6.79. The summed E-state index contributed by atoms with van der Waals surface area (Å²) in [6.07, 6.45) is 2.25. The zero-order valence-electron chi connectivity index (χ0n) is 10.6. The van der Waals surface area contributed by atoms with Crippen LogP contribution in [0.15, 0.2) is 22.7 Å². The highest BCUT2D eigenvalue weighted by atomic mass is 79.9. The molecule has 4 heteroatoms. The van der Waals surface area contributed by atoms with Gasteiger partial charge in [-0.1, -0.05) is 22.9 Å². The van der Waals surface area contributed by atoms with Crippen molar-refractivity contribution in [3.63, 3.8) is 0 Å². The van der Waals surface area contributed by atoms with Crippen molar-refractivity contribution in [1.82, 2.24) is 5.32 Å². The van der Waals surface area contributed by atoms with Crippen LogP contribution in [0.2, 0.25) is 0 Å². The Bertz CT molecular complexity index is 393. The highest BCUT2D eigenvalue weighted by Crippen LogP contribution is 2.36. The molecular formula is C14H19BrFNS. The van der Waals surface area contributed by atoms with E-state index in [1.165, 1.54) is 12.2 Å². The van der Waals surface area contributed by atoms with Crippen molar-refractivity contribution in [2.75, 3.05) is 18.1 Å². The van der Waals surface area contributed by atoms with Crippen LogP contribution in [0.4, 0.5) is 4.39 Å². The summed E-state index contributed by atoms with van der Waals surface area (Å²) in [6, 6.07) is 5.39. The first kappa shape index (κ1) is 14.4. The maximum atomic E-state index is 14.0. The molecule has 1 N–H and O–H groups in total. The smallest absolute Gasteiger partial charge is 0.128 e. The monoisotopic (exact) mass is 331 g/mol. The molecule has 1 saturated heterocycles. The van der Waals surface area contributed by atoms with E-state index < -0.39 is 0 Å².